The molecule has 0 aromatic heterocycles. The summed E-state index contributed by atoms with van der Waals surface area (Å²) in [7, 11) is 1.84. The highest BCUT2D eigenvalue weighted by molar-refractivity contribution is 5.98. The van der Waals surface area contributed by atoms with Gasteiger partial charge in [-0.1, -0.05) is 45.2 Å². The van der Waals surface area contributed by atoms with Gasteiger partial charge in [-0.05, 0) is 68.2 Å². The molecule has 8 heteroatoms. The second-order valence-corrected chi connectivity index (χ2v) is 12.5. The molecule has 0 spiro atoms. The molecule has 8 nitrogen and oxygen atoms in total. The molecule has 220 valence electrons. The molecule has 2 saturated heterocycles. The van der Waals surface area contributed by atoms with E-state index in [4.69, 9.17) is 0 Å². The van der Waals surface area contributed by atoms with Crippen molar-refractivity contribution in [3.05, 3.63) is 35.4 Å². The normalized spacial score (nSPS) is 23.2. The van der Waals surface area contributed by atoms with Crippen molar-refractivity contribution in [2.45, 2.75) is 83.6 Å². The van der Waals surface area contributed by atoms with Crippen molar-refractivity contribution in [3.8, 4) is 0 Å². The molecule has 3 unspecified atom stereocenters. The number of benzene rings is 1. The van der Waals surface area contributed by atoms with E-state index < -0.39 is 6.04 Å². The van der Waals surface area contributed by atoms with Crippen LogP contribution >= 0.6 is 0 Å². The highest BCUT2D eigenvalue weighted by Crippen LogP contribution is 2.30. The molecule has 2 N–H and O–H groups in total. The number of rotatable bonds is 10. The number of hydrogen-bond donors (Lipinski definition) is 2. The zero-order valence-electron chi connectivity index (χ0n) is 24.6. The summed E-state index contributed by atoms with van der Waals surface area (Å²) in [4.78, 5) is 55.0. The molecule has 1 aromatic carbocycles. The molecule has 0 bridgehead atoms. The predicted octanol–water partition coefficient (Wildman–Crippen LogP) is 3.75. The third-order valence-electron chi connectivity index (χ3n) is 9.15. The molecule has 40 heavy (non-hydrogen) atoms. The van der Waals surface area contributed by atoms with Crippen LogP contribution in [0.15, 0.2) is 24.3 Å². The number of nitrogens with one attached hydrogen (secondary N) is 2. The number of carbonyl (C=O) groups excluding carboxylic acids is 4. The molecule has 2 aliphatic heterocycles. The second-order valence-electron chi connectivity index (χ2n) is 12.5. The number of hydrogen-bond acceptors (Lipinski definition) is 5. The van der Waals surface area contributed by atoms with Gasteiger partial charge in [0, 0.05) is 50.5 Å². The molecule has 3 atom stereocenters. The zero-order chi connectivity index (χ0) is 28.6. The monoisotopic (exact) mass is 552 g/mol. The third kappa shape index (κ3) is 7.93. The topological polar surface area (TPSA) is 98.8 Å². The Morgan fingerprint density at radius 1 is 1.00 bits per heavy atom. The molecule has 3 fully saturated rings. The fourth-order valence-electron chi connectivity index (χ4n) is 6.56. The average Bonchev–Trinajstić information content (AvgIpc) is 2.97. The van der Waals surface area contributed by atoms with Gasteiger partial charge in [-0.2, -0.15) is 0 Å². The van der Waals surface area contributed by atoms with E-state index >= 15 is 0 Å². The number of Topliss-reactive ketones (excluding diaryl/α,β-unsaturated/α-hetero) is 1. The highest BCUT2D eigenvalue weighted by atomic mass is 16.2. The summed E-state index contributed by atoms with van der Waals surface area (Å²) >= 11 is 0. The van der Waals surface area contributed by atoms with Gasteiger partial charge in [0.15, 0.2) is 5.78 Å². The second kappa shape index (κ2) is 14.2. The van der Waals surface area contributed by atoms with E-state index in [0.29, 0.717) is 25.1 Å². The number of ketones is 1. The summed E-state index contributed by atoms with van der Waals surface area (Å²) in [6.45, 7) is 6.93. The minimum Gasteiger partial charge on any atom is -0.346 e. The van der Waals surface area contributed by atoms with Gasteiger partial charge in [0.05, 0.1) is 12.6 Å². The van der Waals surface area contributed by atoms with Crippen LogP contribution in [0.4, 0.5) is 0 Å². The van der Waals surface area contributed by atoms with Crippen molar-refractivity contribution in [2.24, 2.45) is 17.8 Å². The number of nitrogens with zero attached hydrogens (tertiary/aromatic N) is 2. The van der Waals surface area contributed by atoms with E-state index in [1.54, 1.807) is 4.90 Å². The van der Waals surface area contributed by atoms with Crippen molar-refractivity contribution in [2.75, 3.05) is 39.8 Å². The van der Waals surface area contributed by atoms with Crippen LogP contribution in [0, 0.1) is 17.8 Å². The maximum absolute atomic E-state index is 13.4. The maximum Gasteiger partial charge on any atom is 0.251 e. The molecule has 3 amide bonds. The Hall–Kier alpha value is -2.74. The van der Waals surface area contributed by atoms with Gasteiger partial charge in [0.1, 0.15) is 0 Å². The summed E-state index contributed by atoms with van der Waals surface area (Å²) < 4.78 is 0. The number of likely N-dealkylation sites (tertiary alicyclic amines) is 2. The molecular weight excluding hydrogens is 504 g/mol. The molecular formula is C32H48N4O4. The third-order valence-corrected chi connectivity index (χ3v) is 9.15. The highest BCUT2D eigenvalue weighted by Gasteiger charge is 2.33. The van der Waals surface area contributed by atoms with E-state index in [-0.39, 0.29) is 53.7 Å². The van der Waals surface area contributed by atoms with Crippen molar-refractivity contribution in [1.29, 1.82) is 0 Å². The van der Waals surface area contributed by atoms with Crippen LogP contribution in [-0.2, 0) is 14.4 Å². The Bertz CT molecular complexity index is 1050. The van der Waals surface area contributed by atoms with Gasteiger partial charge in [0.2, 0.25) is 11.8 Å². The minimum absolute atomic E-state index is 0.0837. The summed E-state index contributed by atoms with van der Waals surface area (Å²) in [5.74, 6) is 0.737. The van der Waals surface area contributed by atoms with Crippen LogP contribution in [0.5, 0.6) is 0 Å². The Balaban J connectivity index is 1.33. The first-order chi connectivity index (χ1) is 19.2. The van der Waals surface area contributed by atoms with Crippen LogP contribution in [-0.4, -0.2) is 79.1 Å². The Kier molecular flexibility index (Phi) is 10.8. The Labute approximate surface area is 239 Å². The van der Waals surface area contributed by atoms with Crippen molar-refractivity contribution >= 4 is 23.5 Å². The molecule has 1 saturated carbocycles. The zero-order valence-corrected chi connectivity index (χ0v) is 24.6. The minimum atomic E-state index is -0.431. The average molecular weight is 553 g/mol. The SMILES string of the molecule is CC(C)C(=O)C(NC(=O)c1cccc(C2CCCN(C(=O)CNCC3CCN(C)C(=O)C3)C2)c1)C1CCCCC1. The molecule has 1 aromatic rings. The van der Waals surface area contributed by atoms with Crippen molar-refractivity contribution in [1.82, 2.24) is 20.4 Å². The van der Waals surface area contributed by atoms with Gasteiger partial charge >= 0.3 is 0 Å². The lowest BCUT2D eigenvalue weighted by atomic mass is 9.80. The van der Waals surface area contributed by atoms with Crippen LogP contribution in [0.25, 0.3) is 0 Å². The van der Waals surface area contributed by atoms with E-state index in [9.17, 15) is 19.2 Å². The van der Waals surface area contributed by atoms with Gasteiger partial charge in [-0.3, -0.25) is 19.2 Å². The lowest BCUT2D eigenvalue weighted by Crippen LogP contribution is -2.48. The first-order valence-corrected chi connectivity index (χ1v) is 15.4. The fourth-order valence-corrected chi connectivity index (χ4v) is 6.56. The molecule has 2 heterocycles. The lowest BCUT2D eigenvalue weighted by Gasteiger charge is -2.34. The number of piperidine rings is 2. The van der Waals surface area contributed by atoms with E-state index in [1.807, 2.05) is 50.1 Å². The molecule has 4 rings (SSSR count). The van der Waals surface area contributed by atoms with E-state index in [0.717, 1.165) is 63.6 Å². The summed E-state index contributed by atoms with van der Waals surface area (Å²) in [5.41, 5.74) is 1.64. The van der Waals surface area contributed by atoms with Crippen molar-refractivity contribution < 1.29 is 19.2 Å². The van der Waals surface area contributed by atoms with Gasteiger partial charge in [0.25, 0.3) is 5.91 Å². The quantitative estimate of drug-likeness (QED) is 0.461. The predicted molar refractivity (Wildman–Crippen MR) is 156 cm³/mol. The maximum atomic E-state index is 13.4. The van der Waals surface area contributed by atoms with Gasteiger partial charge in [-0.15, -0.1) is 0 Å². The molecule has 3 aliphatic rings. The molecule has 0 radical (unpaired) electrons. The first kappa shape index (κ1) is 30.2. The Morgan fingerprint density at radius 3 is 2.50 bits per heavy atom. The fraction of sp³-hybridized carbons (Fsp3) is 0.688. The smallest absolute Gasteiger partial charge is 0.251 e. The summed E-state index contributed by atoms with van der Waals surface area (Å²) in [6.07, 6.45) is 8.79. The van der Waals surface area contributed by atoms with Gasteiger partial charge < -0.3 is 20.4 Å². The summed E-state index contributed by atoms with van der Waals surface area (Å²) in [5, 5.41) is 6.40. The van der Waals surface area contributed by atoms with E-state index in [2.05, 4.69) is 10.6 Å². The number of carbonyl (C=O) groups is 4. The molecule has 1 aliphatic carbocycles. The Morgan fingerprint density at radius 2 is 1.77 bits per heavy atom. The first-order valence-electron chi connectivity index (χ1n) is 15.4. The van der Waals surface area contributed by atoms with Gasteiger partial charge in [-0.25, -0.2) is 0 Å². The van der Waals surface area contributed by atoms with Crippen LogP contribution in [0.3, 0.4) is 0 Å². The summed E-state index contributed by atoms with van der Waals surface area (Å²) in [6, 6.07) is 7.29. The van der Waals surface area contributed by atoms with Crippen molar-refractivity contribution in [3.63, 3.8) is 0 Å². The lowest BCUT2D eigenvalue weighted by molar-refractivity contribution is -0.133. The standard InChI is InChI=1S/C32H48N4O4/c1-22(2)31(39)30(24-9-5-4-6-10-24)34-32(40)26-12-7-11-25(18-26)27-13-8-15-36(21-27)29(38)20-33-19-23-14-16-35(3)28(37)17-23/h7,11-12,18,22-24,27,30,33H,4-6,8-10,13-17,19-21H2,1-3H3,(H,34,40). The largest absolute Gasteiger partial charge is 0.346 e. The van der Waals surface area contributed by atoms with Crippen LogP contribution in [0.2, 0.25) is 0 Å². The van der Waals surface area contributed by atoms with E-state index in [1.165, 1.54) is 6.42 Å². The van der Waals surface area contributed by atoms with Crippen LogP contribution in [0.1, 0.15) is 93.5 Å². The van der Waals surface area contributed by atoms with Crippen LogP contribution < -0.4 is 10.6 Å². The number of amides is 3.